The van der Waals surface area contributed by atoms with Gasteiger partial charge in [-0.1, -0.05) is 131 Å². The zero-order chi connectivity index (χ0) is 79.8. The van der Waals surface area contributed by atoms with Crippen LogP contribution in [0.3, 0.4) is 0 Å². The number of carbonyl (C=O) groups excluding carboxylic acids is 8. The summed E-state index contributed by atoms with van der Waals surface area (Å²) in [5.41, 5.74) is -3.02. The van der Waals surface area contributed by atoms with E-state index in [9.17, 15) is 45.6 Å². The minimum Gasteiger partial charge on any atom is -0.479 e. The maximum absolute atomic E-state index is 15.0. The molecule has 0 radical (unpaired) electrons. The van der Waals surface area contributed by atoms with Gasteiger partial charge in [0, 0.05) is 63.2 Å². The van der Waals surface area contributed by atoms with Gasteiger partial charge in [0.25, 0.3) is 0 Å². The molecule has 24 nitrogen and oxygen atoms in total. The van der Waals surface area contributed by atoms with E-state index in [1.165, 1.54) is 14.2 Å². The highest BCUT2D eigenvalue weighted by Gasteiger charge is 2.65. The standard InChI is InChI=1S/2C42H58N4O8S/c2*1-8-27-19-26(2)13-9-10-14-28-22-42(28,39(50)45-55(51,52)41(6)17-18-41)24-35(48)34-21-30(25-46(34)38(49)33(27)20-29(47)23-40(3,4)5)54-37-32-16-12-11-15-31(32)36(53-7)43-44-37/h2*10-12,14-16,26-28,30,33-34H,8-9,13,17-25H2,1-7H3,(H,45,50)/b2*14-10-/t26-,27+,28+,30+,33-,34-,42+;26-,27-,28-,30-,33+,34+,42-/m01/s1. The molecule has 4 amide bonds. The molecule has 4 aliphatic carbocycles. The van der Waals surface area contributed by atoms with Crippen molar-refractivity contribution in [2.24, 2.45) is 69.0 Å². The van der Waals surface area contributed by atoms with E-state index in [1.807, 2.05) is 114 Å². The van der Waals surface area contributed by atoms with E-state index in [4.69, 9.17) is 18.9 Å². The molecule has 2 saturated heterocycles. The fourth-order valence-electron chi connectivity index (χ4n) is 17.4. The Morgan fingerprint density at radius 1 is 0.527 bits per heavy atom. The van der Waals surface area contributed by atoms with E-state index < -0.39 is 88.3 Å². The third-order valence-corrected chi connectivity index (χ3v) is 29.1. The molecule has 6 heterocycles. The first-order valence-corrected chi connectivity index (χ1v) is 42.9. The average molecular weight is 1560 g/mol. The number of nitrogens with zero attached hydrogens (tertiary/aromatic N) is 6. The number of benzene rings is 2. The van der Waals surface area contributed by atoms with E-state index >= 15 is 9.59 Å². The number of amides is 4. The molecule has 0 unspecified atom stereocenters. The van der Waals surface area contributed by atoms with Crippen molar-refractivity contribution in [2.45, 2.75) is 258 Å². The Kier molecular flexibility index (Phi) is 24.8. The number of fused-ring (bicyclic) bond motifs is 6. The van der Waals surface area contributed by atoms with Crippen LogP contribution in [-0.4, -0.2) is 155 Å². The highest BCUT2D eigenvalue weighted by Crippen LogP contribution is 2.59. The number of ketones is 4. The summed E-state index contributed by atoms with van der Waals surface area (Å²) < 4.78 is 79.5. The van der Waals surface area contributed by atoms with Gasteiger partial charge in [-0.25, -0.2) is 16.8 Å². The predicted molar refractivity (Wildman–Crippen MR) is 417 cm³/mol. The summed E-state index contributed by atoms with van der Waals surface area (Å²) in [6, 6.07) is 12.9. The molecule has 0 spiro atoms. The number of carbonyl (C=O) groups is 8. The number of ether oxygens (including phenoxy) is 4. The van der Waals surface area contributed by atoms with E-state index in [1.54, 1.807) is 23.6 Å². The molecule has 6 fully saturated rings. The number of nitrogens with one attached hydrogen (secondary N) is 2. The van der Waals surface area contributed by atoms with Crippen molar-refractivity contribution in [3.63, 3.8) is 0 Å². The minimum absolute atomic E-state index is 0.00895. The lowest BCUT2D eigenvalue weighted by Crippen LogP contribution is -2.48. The summed E-state index contributed by atoms with van der Waals surface area (Å²) >= 11 is 0. The molecule has 4 aromatic rings. The van der Waals surface area contributed by atoms with Gasteiger partial charge in [-0.3, -0.25) is 47.8 Å². The summed E-state index contributed by atoms with van der Waals surface area (Å²) in [6.07, 6.45) is 15.9. The van der Waals surface area contributed by atoms with Gasteiger partial charge in [0.2, 0.25) is 67.2 Å². The molecule has 12 rings (SSSR count). The maximum Gasteiger partial charge on any atom is 0.242 e. The molecule has 2 aromatic carbocycles. The molecule has 8 aliphatic rings. The summed E-state index contributed by atoms with van der Waals surface area (Å²) in [5.74, 6) is -2.96. The van der Waals surface area contributed by atoms with Gasteiger partial charge in [0.05, 0.1) is 81.3 Å². The Hall–Kier alpha value is -7.74. The summed E-state index contributed by atoms with van der Waals surface area (Å²) in [6.45, 7) is 23.9. The van der Waals surface area contributed by atoms with Crippen LogP contribution in [0.1, 0.15) is 224 Å². The van der Waals surface area contributed by atoms with Gasteiger partial charge in [0.1, 0.15) is 23.8 Å². The number of methoxy groups -OCH3 is 2. The van der Waals surface area contributed by atoms with Crippen molar-refractivity contribution < 1.29 is 74.1 Å². The number of hydrogen-bond acceptors (Lipinski definition) is 20. The van der Waals surface area contributed by atoms with Crippen LogP contribution >= 0.6 is 0 Å². The van der Waals surface area contributed by atoms with Gasteiger partial charge in [-0.15, -0.1) is 20.4 Å². The van der Waals surface area contributed by atoms with Crippen LogP contribution in [0, 0.1) is 69.0 Å². The van der Waals surface area contributed by atoms with Crippen molar-refractivity contribution in [1.29, 1.82) is 0 Å². The Morgan fingerprint density at radius 3 is 1.18 bits per heavy atom. The highest BCUT2D eigenvalue weighted by atomic mass is 32.2. The van der Waals surface area contributed by atoms with Crippen LogP contribution in [0.4, 0.5) is 0 Å². The number of aromatic nitrogens is 4. The van der Waals surface area contributed by atoms with Crippen molar-refractivity contribution in [3.05, 3.63) is 72.8 Å². The molecular weight excluding hydrogens is 1440 g/mol. The van der Waals surface area contributed by atoms with Crippen LogP contribution in [0.25, 0.3) is 21.5 Å². The van der Waals surface area contributed by atoms with Crippen LogP contribution in [0.15, 0.2) is 72.8 Å². The fourth-order valence-corrected chi connectivity index (χ4v) is 20.1. The Labute approximate surface area is 649 Å². The van der Waals surface area contributed by atoms with Gasteiger partial charge >= 0.3 is 0 Å². The molecule has 2 aromatic heterocycles. The third kappa shape index (κ3) is 18.6. The van der Waals surface area contributed by atoms with Gasteiger partial charge < -0.3 is 28.7 Å². The van der Waals surface area contributed by atoms with Gasteiger partial charge in [-0.05, 0) is 162 Å². The average Bonchev–Trinajstić information content (AvgIpc) is 1.57. The molecular formula is C84H116N8O16S2. The topological polar surface area (TPSA) is 324 Å². The zero-order valence-corrected chi connectivity index (χ0v) is 68.5. The number of rotatable bonds is 20. The Balaban J connectivity index is 0.000000218. The Bertz CT molecular complexity index is 4190. The second-order valence-corrected chi connectivity index (χ2v) is 40.7. The van der Waals surface area contributed by atoms with E-state index in [0.717, 1.165) is 38.5 Å². The first kappa shape index (κ1) is 83.2. The SMILES string of the molecule is CC[C@@H]1C[C@@H](C)CC/C=C\[C@@H]2C[C@@]2(C(=O)NS(=O)(=O)C2(C)CC2)CC(=O)[C@@H]2C[C@@H](Oc3nnc(OC)c4ccccc34)CN2C(=O)[C@H]1CC(=O)CC(C)(C)C.CC[C@@H]1C[C@H](C)CC/C=C\[C@@H]2C[C@@]2(C(=O)NS(=O)(=O)C2(C)CC2)CC(=O)[C@@H]2C[C@@H](Oc3nnc(OC)c4ccccc34)CN2C(=O)[C@H]1CC(=O)CC(C)(C)C. The quantitative estimate of drug-likeness (QED) is 0.0776. The van der Waals surface area contributed by atoms with Crippen LogP contribution < -0.4 is 28.4 Å². The highest BCUT2D eigenvalue weighted by molar-refractivity contribution is 7.92. The van der Waals surface area contributed by atoms with Crippen molar-refractivity contribution in [2.75, 3.05) is 27.3 Å². The van der Waals surface area contributed by atoms with Crippen LogP contribution in [-0.2, 0) is 58.4 Å². The molecule has 0 bridgehead atoms. The minimum atomic E-state index is -3.94. The summed E-state index contributed by atoms with van der Waals surface area (Å²) in [7, 11) is -4.86. The molecule has 4 saturated carbocycles. The second-order valence-electron chi connectivity index (χ2n) is 36.3. The summed E-state index contributed by atoms with van der Waals surface area (Å²) in [5, 5.41) is 19.7. The third-order valence-electron chi connectivity index (χ3n) is 24.8. The molecule has 14 atom stereocenters. The van der Waals surface area contributed by atoms with Crippen molar-refractivity contribution in [3.8, 4) is 23.5 Å². The number of allylic oxidation sites excluding steroid dienone is 4. The Morgan fingerprint density at radius 2 is 0.864 bits per heavy atom. The largest absolute Gasteiger partial charge is 0.479 e. The van der Waals surface area contributed by atoms with Gasteiger partial charge in [-0.2, -0.15) is 0 Å². The normalized spacial score (nSPS) is 30.3. The zero-order valence-electron chi connectivity index (χ0n) is 66.9. The van der Waals surface area contributed by atoms with Crippen LogP contribution in [0.2, 0.25) is 0 Å². The smallest absolute Gasteiger partial charge is 0.242 e. The first-order valence-electron chi connectivity index (χ1n) is 39.9. The monoisotopic (exact) mass is 1560 g/mol. The molecule has 110 heavy (non-hydrogen) atoms. The second kappa shape index (κ2) is 32.8. The lowest BCUT2D eigenvalue weighted by atomic mass is 9.77. The van der Waals surface area contributed by atoms with Crippen molar-refractivity contribution in [1.82, 2.24) is 39.6 Å². The molecule has 600 valence electrons. The van der Waals surface area contributed by atoms with Crippen LogP contribution in [0.5, 0.6) is 23.5 Å². The fraction of sp³-hybridized carbons (Fsp3) is 0.667. The molecule has 26 heteroatoms. The summed E-state index contributed by atoms with van der Waals surface area (Å²) in [4.78, 5) is 118. The molecule has 2 N–H and O–H groups in total. The van der Waals surface area contributed by atoms with E-state index in [-0.39, 0.29) is 145 Å². The lowest BCUT2D eigenvalue weighted by Gasteiger charge is -2.33. The predicted octanol–water partition coefficient (Wildman–Crippen LogP) is 12.7. The maximum atomic E-state index is 15.0. The first-order chi connectivity index (χ1) is 51.8. The molecule has 4 aliphatic heterocycles. The van der Waals surface area contributed by atoms with E-state index in [0.29, 0.717) is 97.5 Å². The number of hydrogen-bond donors (Lipinski definition) is 2. The number of Topliss-reactive ketones (excluding diaryl/α,β-unsaturated/α-hetero) is 4. The van der Waals surface area contributed by atoms with E-state index in [2.05, 4.69) is 57.5 Å². The van der Waals surface area contributed by atoms with Gasteiger partial charge in [0.15, 0.2) is 11.6 Å². The number of sulfonamides is 2. The van der Waals surface area contributed by atoms with Crippen molar-refractivity contribution >= 4 is 88.4 Å². The lowest BCUT2D eigenvalue weighted by molar-refractivity contribution is -0.145.